The van der Waals surface area contributed by atoms with Crippen LogP contribution in [0.2, 0.25) is 5.02 Å². The van der Waals surface area contributed by atoms with Crippen LogP contribution in [0.4, 0.5) is 5.69 Å². The fourth-order valence-corrected chi connectivity index (χ4v) is 1.45. The maximum absolute atomic E-state index is 11.3. The molecule has 16 heavy (non-hydrogen) atoms. The van der Waals surface area contributed by atoms with E-state index >= 15 is 0 Å². The Morgan fingerprint density at radius 1 is 1.31 bits per heavy atom. The maximum atomic E-state index is 11.3. The van der Waals surface area contributed by atoms with Gasteiger partial charge in [-0.05, 0) is 24.3 Å². The summed E-state index contributed by atoms with van der Waals surface area (Å²) in [5.74, 6) is -0.437. The van der Waals surface area contributed by atoms with E-state index in [1.807, 2.05) is 0 Å². The molecular formula is C9H11ClN2O3S. The van der Waals surface area contributed by atoms with Crippen molar-refractivity contribution < 1.29 is 13.2 Å². The summed E-state index contributed by atoms with van der Waals surface area (Å²) in [5.41, 5.74) is 0.560. The fourth-order valence-electron chi connectivity index (χ4n) is 0.935. The zero-order valence-electron chi connectivity index (χ0n) is 8.53. The Morgan fingerprint density at radius 3 is 2.38 bits per heavy atom. The highest BCUT2D eigenvalue weighted by molar-refractivity contribution is 7.88. The van der Waals surface area contributed by atoms with Gasteiger partial charge in [0.25, 0.3) is 0 Å². The second kappa shape index (κ2) is 5.29. The van der Waals surface area contributed by atoms with Gasteiger partial charge in [-0.15, -0.1) is 0 Å². The number of amides is 1. The first-order valence-electron chi connectivity index (χ1n) is 4.37. The third-order valence-electron chi connectivity index (χ3n) is 1.62. The number of hydrogen-bond donors (Lipinski definition) is 2. The normalized spacial score (nSPS) is 11.1. The number of sulfonamides is 1. The lowest BCUT2D eigenvalue weighted by atomic mass is 10.3. The molecule has 0 saturated carbocycles. The number of rotatable bonds is 4. The Labute approximate surface area is 98.9 Å². The van der Waals surface area contributed by atoms with Gasteiger partial charge in [-0.25, -0.2) is 13.1 Å². The third-order valence-corrected chi connectivity index (χ3v) is 2.54. The lowest BCUT2D eigenvalue weighted by molar-refractivity contribution is -0.115. The van der Waals surface area contributed by atoms with Crippen LogP contribution in [0.25, 0.3) is 0 Å². The van der Waals surface area contributed by atoms with Gasteiger partial charge in [0.2, 0.25) is 15.9 Å². The van der Waals surface area contributed by atoms with Crippen LogP contribution in [0.5, 0.6) is 0 Å². The monoisotopic (exact) mass is 262 g/mol. The predicted octanol–water partition coefficient (Wildman–Crippen LogP) is 0.828. The van der Waals surface area contributed by atoms with Crippen LogP contribution in [0, 0.1) is 0 Å². The number of anilines is 1. The molecule has 0 aliphatic carbocycles. The van der Waals surface area contributed by atoms with Gasteiger partial charge in [-0.1, -0.05) is 11.6 Å². The van der Waals surface area contributed by atoms with Crippen molar-refractivity contribution in [2.75, 3.05) is 18.1 Å². The molecule has 0 heterocycles. The van der Waals surface area contributed by atoms with Gasteiger partial charge >= 0.3 is 0 Å². The summed E-state index contributed by atoms with van der Waals surface area (Å²) in [6, 6.07) is 6.50. The quantitative estimate of drug-likeness (QED) is 0.844. The van der Waals surface area contributed by atoms with Gasteiger partial charge in [0, 0.05) is 10.7 Å². The molecule has 0 atom stereocenters. The Bertz CT molecular complexity index is 470. The number of carbonyl (C=O) groups excluding carboxylic acids is 1. The Balaban J connectivity index is 2.49. The molecule has 88 valence electrons. The van der Waals surface area contributed by atoms with Gasteiger partial charge in [0.1, 0.15) is 0 Å². The Morgan fingerprint density at radius 2 is 1.88 bits per heavy atom. The third kappa shape index (κ3) is 5.11. The molecule has 0 radical (unpaired) electrons. The van der Waals surface area contributed by atoms with Crippen molar-refractivity contribution in [2.24, 2.45) is 0 Å². The van der Waals surface area contributed by atoms with Crippen LogP contribution in [-0.2, 0) is 14.8 Å². The Hall–Kier alpha value is -1.11. The van der Waals surface area contributed by atoms with E-state index in [9.17, 15) is 13.2 Å². The second-order valence-electron chi connectivity index (χ2n) is 3.15. The highest BCUT2D eigenvalue weighted by Gasteiger charge is 2.06. The topological polar surface area (TPSA) is 75.3 Å². The summed E-state index contributed by atoms with van der Waals surface area (Å²) >= 11 is 5.66. The molecule has 1 aromatic rings. The minimum Gasteiger partial charge on any atom is -0.325 e. The first-order valence-corrected chi connectivity index (χ1v) is 6.64. The molecule has 0 aliphatic rings. The molecule has 1 aromatic carbocycles. The largest absolute Gasteiger partial charge is 0.325 e. The predicted molar refractivity (Wildman–Crippen MR) is 62.9 cm³/mol. The van der Waals surface area contributed by atoms with Crippen molar-refractivity contribution in [3.8, 4) is 0 Å². The van der Waals surface area contributed by atoms with E-state index in [0.29, 0.717) is 10.7 Å². The van der Waals surface area contributed by atoms with Crippen molar-refractivity contribution in [3.63, 3.8) is 0 Å². The fraction of sp³-hybridized carbons (Fsp3) is 0.222. The molecule has 0 bridgehead atoms. The van der Waals surface area contributed by atoms with E-state index < -0.39 is 15.9 Å². The molecule has 5 nitrogen and oxygen atoms in total. The molecule has 7 heteroatoms. The average Bonchev–Trinajstić information content (AvgIpc) is 2.18. The minimum absolute atomic E-state index is 0.290. The van der Waals surface area contributed by atoms with Crippen molar-refractivity contribution >= 4 is 33.2 Å². The van der Waals surface area contributed by atoms with Gasteiger partial charge in [-0.2, -0.15) is 0 Å². The summed E-state index contributed by atoms with van der Waals surface area (Å²) in [4.78, 5) is 11.3. The van der Waals surface area contributed by atoms with E-state index in [1.54, 1.807) is 24.3 Å². The SMILES string of the molecule is CS(=O)(=O)NCC(=O)Nc1ccc(Cl)cc1. The van der Waals surface area contributed by atoms with Crippen molar-refractivity contribution in [2.45, 2.75) is 0 Å². The summed E-state index contributed by atoms with van der Waals surface area (Å²) in [6.07, 6.45) is 0.989. The van der Waals surface area contributed by atoms with Gasteiger partial charge < -0.3 is 5.32 Å². The first kappa shape index (κ1) is 13.0. The standard InChI is InChI=1S/C9H11ClN2O3S/c1-16(14,15)11-6-9(13)12-8-4-2-7(10)3-5-8/h2-5,11H,6H2,1H3,(H,12,13). The minimum atomic E-state index is -3.35. The van der Waals surface area contributed by atoms with Gasteiger partial charge in [0.05, 0.1) is 12.8 Å². The molecule has 1 rings (SSSR count). The van der Waals surface area contributed by atoms with Gasteiger partial charge in [0.15, 0.2) is 0 Å². The molecule has 0 unspecified atom stereocenters. The summed E-state index contributed by atoms with van der Waals surface area (Å²) < 4.78 is 23.5. The molecule has 0 aliphatic heterocycles. The van der Waals surface area contributed by atoms with E-state index in [-0.39, 0.29) is 6.54 Å². The van der Waals surface area contributed by atoms with E-state index in [2.05, 4.69) is 10.0 Å². The molecule has 2 N–H and O–H groups in total. The highest BCUT2D eigenvalue weighted by atomic mass is 35.5. The van der Waals surface area contributed by atoms with Crippen LogP contribution < -0.4 is 10.0 Å². The number of halogens is 1. The summed E-state index contributed by atoms with van der Waals surface area (Å²) in [5, 5.41) is 3.08. The Kier molecular flexibility index (Phi) is 4.28. The molecule has 1 amide bonds. The van der Waals surface area contributed by atoms with Crippen molar-refractivity contribution in [1.29, 1.82) is 0 Å². The molecular weight excluding hydrogens is 252 g/mol. The van der Waals surface area contributed by atoms with Gasteiger partial charge in [-0.3, -0.25) is 4.79 Å². The van der Waals surface area contributed by atoms with Crippen LogP contribution in [0.1, 0.15) is 0 Å². The number of carbonyl (C=O) groups is 1. The van der Waals surface area contributed by atoms with E-state index in [4.69, 9.17) is 11.6 Å². The lowest BCUT2D eigenvalue weighted by Crippen LogP contribution is -2.32. The van der Waals surface area contributed by atoms with Crippen LogP contribution in [0.3, 0.4) is 0 Å². The molecule has 0 fully saturated rings. The van der Waals surface area contributed by atoms with E-state index in [1.165, 1.54) is 0 Å². The summed E-state index contributed by atoms with van der Waals surface area (Å²) in [7, 11) is -3.35. The number of nitrogens with one attached hydrogen (secondary N) is 2. The summed E-state index contributed by atoms with van der Waals surface area (Å²) in [6.45, 7) is -0.290. The lowest BCUT2D eigenvalue weighted by Gasteiger charge is -2.05. The average molecular weight is 263 g/mol. The van der Waals surface area contributed by atoms with Crippen molar-refractivity contribution in [1.82, 2.24) is 4.72 Å². The van der Waals surface area contributed by atoms with Crippen LogP contribution in [-0.4, -0.2) is 27.1 Å². The van der Waals surface area contributed by atoms with E-state index in [0.717, 1.165) is 6.26 Å². The highest BCUT2D eigenvalue weighted by Crippen LogP contribution is 2.12. The van der Waals surface area contributed by atoms with Crippen LogP contribution in [0.15, 0.2) is 24.3 Å². The smallest absolute Gasteiger partial charge is 0.239 e. The maximum Gasteiger partial charge on any atom is 0.239 e. The van der Waals surface area contributed by atoms with Crippen molar-refractivity contribution in [3.05, 3.63) is 29.3 Å². The number of benzene rings is 1. The first-order chi connectivity index (χ1) is 7.37. The number of hydrogen-bond acceptors (Lipinski definition) is 3. The zero-order chi connectivity index (χ0) is 12.2. The molecule has 0 aromatic heterocycles. The molecule has 0 spiro atoms. The zero-order valence-corrected chi connectivity index (χ0v) is 10.1. The van der Waals surface area contributed by atoms with Crippen LogP contribution >= 0.6 is 11.6 Å². The second-order valence-corrected chi connectivity index (χ2v) is 5.42. The molecule has 0 saturated heterocycles.